The summed E-state index contributed by atoms with van der Waals surface area (Å²) in [5.74, 6) is 0. The number of aryl methyl sites for hydroxylation is 1. The zero-order valence-corrected chi connectivity index (χ0v) is 11.1. The normalized spacial score (nSPS) is 23.8. The van der Waals surface area contributed by atoms with Gasteiger partial charge in [0.25, 0.3) is 0 Å². The minimum atomic E-state index is 0.185. The molecule has 1 aromatic rings. The zero-order valence-electron chi connectivity index (χ0n) is 11.1. The molecule has 1 aromatic carbocycles. The van der Waals surface area contributed by atoms with Crippen LogP contribution in [0.1, 0.15) is 30.9 Å². The van der Waals surface area contributed by atoms with Crippen molar-refractivity contribution in [3.05, 3.63) is 35.4 Å². The first-order chi connectivity index (χ1) is 8.22. The lowest BCUT2D eigenvalue weighted by atomic mass is 9.77. The maximum absolute atomic E-state index is 6.08. The Morgan fingerprint density at radius 1 is 1.29 bits per heavy atom. The Morgan fingerprint density at radius 2 is 2.00 bits per heavy atom. The lowest BCUT2D eigenvalue weighted by molar-refractivity contribution is 0.109. The Kier molecular flexibility index (Phi) is 3.85. The van der Waals surface area contributed by atoms with Crippen LogP contribution in [-0.2, 0) is 12.8 Å². The molecule has 94 valence electrons. The van der Waals surface area contributed by atoms with E-state index in [0.29, 0.717) is 0 Å². The van der Waals surface area contributed by atoms with Gasteiger partial charge in [0, 0.05) is 12.1 Å². The predicted molar refractivity (Wildman–Crippen MR) is 73.2 cm³/mol. The molecule has 1 unspecified atom stereocenters. The van der Waals surface area contributed by atoms with Crippen LogP contribution in [0.15, 0.2) is 24.3 Å². The first-order valence-electron chi connectivity index (χ1n) is 6.70. The van der Waals surface area contributed by atoms with Gasteiger partial charge in [-0.25, -0.2) is 0 Å². The van der Waals surface area contributed by atoms with Crippen LogP contribution in [-0.4, -0.2) is 30.6 Å². The molecule has 0 aliphatic heterocycles. The number of benzene rings is 1. The van der Waals surface area contributed by atoms with E-state index < -0.39 is 0 Å². The van der Waals surface area contributed by atoms with E-state index in [2.05, 4.69) is 43.1 Å². The maximum Gasteiger partial charge on any atom is 0.0372 e. The molecule has 0 radical (unpaired) electrons. The van der Waals surface area contributed by atoms with Gasteiger partial charge < -0.3 is 5.73 Å². The van der Waals surface area contributed by atoms with Crippen LogP contribution < -0.4 is 5.73 Å². The molecule has 2 nitrogen and oxygen atoms in total. The van der Waals surface area contributed by atoms with Crippen molar-refractivity contribution in [2.75, 3.05) is 20.1 Å². The molecule has 2 rings (SSSR count). The van der Waals surface area contributed by atoms with Crippen LogP contribution in [0.25, 0.3) is 0 Å². The van der Waals surface area contributed by atoms with Crippen molar-refractivity contribution in [1.29, 1.82) is 0 Å². The van der Waals surface area contributed by atoms with Gasteiger partial charge in [0.2, 0.25) is 0 Å². The molecule has 0 fully saturated rings. The highest BCUT2D eigenvalue weighted by atomic mass is 15.2. The number of rotatable bonds is 4. The Bertz CT molecular complexity index is 375. The molecular weight excluding hydrogens is 208 g/mol. The lowest BCUT2D eigenvalue weighted by Gasteiger charge is -2.44. The van der Waals surface area contributed by atoms with Gasteiger partial charge in [0.1, 0.15) is 0 Å². The largest absolute Gasteiger partial charge is 0.329 e. The molecule has 0 spiro atoms. The van der Waals surface area contributed by atoms with Crippen LogP contribution in [0, 0.1) is 0 Å². The number of nitrogens with zero attached hydrogens (tertiary/aromatic N) is 1. The van der Waals surface area contributed by atoms with Crippen molar-refractivity contribution in [2.24, 2.45) is 5.73 Å². The van der Waals surface area contributed by atoms with Crippen LogP contribution in [0.2, 0.25) is 0 Å². The van der Waals surface area contributed by atoms with E-state index in [0.717, 1.165) is 19.5 Å². The molecule has 1 aliphatic rings. The number of nitrogens with two attached hydrogens (primary N) is 1. The van der Waals surface area contributed by atoms with Crippen molar-refractivity contribution >= 4 is 0 Å². The second kappa shape index (κ2) is 5.19. The second-order valence-electron chi connectivity index (χ2n) is 5.30. The number of likely N-dealkylation sites (N-methyl/N-ethyl adjacent to an activating group) is 1. The van der Waals surface area contributed by atoms with Crippen LogP contribution in [0.4, 0.5) is 0 Å². The average molecular weight is 232 g/mol. The molecule has 0 aromatic heterocycles. The first kappa shape index (κ1) is 12.6. The fourth-order valence-electron chi connectivity index (χ4n) is 3.01. The molecule has 1 atom stereocenters. The molecule has 2 N–H and O–H groups in total. The molecule has 0 amide bonds. The molecule has 0 bridgehead atoms. The van der Waals surface area contributed by atoms with E-state index in [9.17, 15) is 0 Å². The topological polar surface area (TPSA) is 29.3 Å². The smallest absolute Gasteiger partial charge is 0.0372 e. The third-order valence-electron chi connectivity index (χ3n) is 4.25. The highest BCUT2D eigenvalue weighted by molar-refractivity contribution is 5.32. The Hall–Kier alpha value is -0.860. The Balaban J connectivity index is 2.23. The van der Waals surface area contributed by atoms with Crippen molar-refractivity contribution in [2.45, 2.75) is 38.1 Å². The lowest BCUT2D eigenvalue weighted by Crippen LogP contribution is -2.55. The summed E-state index contributed by atoms with van der Waals surface area (Å²) in [6.07, 6.45) is 4.66. The summed E-state index contributed by atoms with van der Waals surface area (Å²) >= 11 is 0. The van der Waals surface area contributed by atoms with Crippen LogP contribution >= 0.6 is 0 Å². The van der Waals surface area contributed by atoms with Gasteiger partial charge in [-0.15, -0.1) is 0 Å². The summed E-state index contributed by atoms with van der Waals surface area (Å²) in [4.78, 5) is 2.48. The average Bonchev–Trinajstić information content (AvgIpc) is 2.38. The second-order valence-corrected chi connectivity index (χ2v) is 5.30. The van der Waals surface area contributed by atoms with Gasteiger partial charge in [0.15, 0.2) is 0 Å². The quantitative estimate of drug-likeness (QED) is 0.862. The van der Waals surface area contributed by atoms with Crippen molar-refractivity contribution in [3.63, 3.8) is 0 Å². The van der Waals surface area contributed by atoms with E-state index in [-0.39, 0.29) is 5.54 Å². The zero-order chi connectivity index (χ0) is 12.3. The summed E-state index contributed by atoms with van der Waals surface area (Å²) in [6, 6.07) is 8.81. The maximum atomic E-state index is 6.08. The molecular formula is C15H24N2. The summed E-state index contributed by atoms with van der Waals surface area (Å²) in [7, 11) is 2.23. The monoisotopic (exact) mass is 232 g/mol. The van der Waals surface area contributed by atoms with Crippen LogP contribution in [0.5, 0.6) is 0 Å². The third kappa shape index (κ3) is 2.38. The fourth-order valence-corrected chi connectivity index (χ4v) is 3.01. The summed E-state index contributed by atoms with van der Waals surface area (Å²) < 4.78 is 0. The summed E-state index contributed by atoms with van der Waals surface area (Å²) in [5, 5.41) is 0. The van der Waals surface area contributed by atoms with E-state index in [1.54, 1.807) is 0 Å². The fraction of sp³-hybridized carbons (Fsp3) is 0.600. The van der Waals surface area contributed by atoms with Gasteiger partial charge in [-0.3, -0.25) is 4.90 Å². The van der Waals surface area contributed by atoms with Gasteiger partial charge >= 0.3 is 0 Å². The van der Waals surface area contributed by atoms with Crippen molar-refractivity contribution < 1.29 is 0 Å². The molecule has 0 saturated heterocycles. The summed E-state index contributed by atoms with van der Waals surface area (Å²) in [6.45, 7) is 4.13. The van der Waals surface area contributed by atoms with E-state index >= 15 is 0 Å². The molecule has 0 heterocycles. The minimum absolute atomic E-state index is 0.185. The SMILES string of the molecule is CCCN(C)C1(CN)CCc2ccccc2C1. The van der Waals surface area contributed by atoms with E-state index in [4.69, 9.17) is 5.73 Å². The number of fused-ring (bicyclic) bond motifs is 1. The van der Waals surface area contributed by atoms with Gasteiger partial charge in [-0.2, -0.15) is 0 Å². The van der Waals surface area contributed by atoms with E-state index in [1.807, 2.05) is 0 Å². The van der Waals surface area contributed by atoms with E-state index in [1.165, 1.54) is 30.4 Å². The minimum Gasteiger partial charge on any atom is -0.329 e. The van der Waals surface area contributed by atoms with Gasteiger partial charge in [0.05, 0.1) is 0 Å². The predicted octanol–water partition coefficient (Wildman–Crippen LogP) is 2.21. The van der Waals surface area contributed by atoms with Crippen molar-refractivity contribution in [1.82, 2.24) is 4.90 Å². The Morgan fingerprint density at radius 3 is 2.65 bits per heavy atom. The van der Waals surface area contributed by atoms with Crippen molar-refractivity contribution in [3.8, 4) is 0 Å². The molecule has 17 heavy (non-hydrogen) atoms. The highest BCUT2D eigenvalue weighted by Gasteiger charge is 2.36. The summed E-state index contributed by atoms with van der Waals surface area (Å²) in [5.41, 5.74) is 9.28. The number of hydrogen-bond donors (Lipinski definition) is 1. The van der Waals surface area contributed by atoms with Gasteiger partial charge in [-0.05, 0) is 50.4 Å². The highest BCUT2D eigenvalue weighted by Crippen LogP contribution is 2.32. The molecule has 0 saturated carbocycles. The van der Waals surface area contributed by atoms with Crippen LogP contribution in [0.3, 0.4) is 0 Å². The first-order valence-corrected chi connectivity index (χ1v) is 6.70. The molecule has 1 aliphatic carbocycles. The Labute approximate surface area is 105 Å². The number of hydrogen-bond acceptors (Lipinski definition) is 2. The third-order valence-corrected chi connectivity index (χ3v) is 4.25. The standard InChI is InChI=1S/C15H24N2/c1-3-10-17(2)15(12-16)9-8-13-6-4-5-7-14(13)11-15/h4-7H,3,8-12,16H2,1-2H3. The molecule has 2 heteroatoms. The van der Waals surface area contributed by atoms with Gasteiger partial charge in [-0.1, -0.05) is 31.2 Å².